The molecule has 5 rings (SSSR count). The first kappa shape index (κ1) is 26.3. The molecule has 1 aliphatic rings. The van der Waals surface area contributed by atoms with E-state index in [2.05, 4.69) is 9.88 Å². The maximum absolute atomic E-state index is 13.4. The lowest BCUT2D eigenvalue weighted by Gasteiger charge is -2.36. The van der Waals surface area contributed by atoms with Crippen LogP contribution < -0.4 is 19.4 Å². The third-order valence-corrected chi connectivity index (χ3v) is 8.72. The molecule has 9 nitrogen and oxygen atoms in total. The van der Waals surface area contributed by atoms with Crippen molar-refractivity contribution in [1.29, 1.82) is 0 Å². The largest absolute Gasteiger partial charge is 0.494 e. The van der Waals surface area contributed by atoms with Crippen LogP contribution in [0.5, 0.6) is 5.75 Å². The topological polar surface area (TPSA) is 103 Å². The highest BCUT2D eigenvalue weighted by Crippen LogP contribution is 2.26. The number of aromatic amines is 1. The third kappa shape index (κ3) is 5.20. The summed E-state index contributed by atoms with van der Waals surface area (Å²) in [6.07, 6.45) is 1.41. The quantitative estimate of drug-likeness (QED) is 0.379. The third-order valence-electron chi connectivity index (χ3n) is 6.94. The molecular formula is C29H30N4O5S. The van der Waals surface area contributed by atoms with Crippen LogP contribution in [0.2, 0.25) is 0 Å². The smallest absolute Gasteiger partial charge is 0.264 e. The highest BCUT2D eigenvalue weighted by molar-refractivity contribution is 7.92. The molecule has 202 valence electrons. The number of carbonyl (C=O) groups excluding carboxylic acids is 1. The number of hydrogen-bond acceptors (Lipinski definition) is 6. The first-order chi connectivity index (χ1) is 18.8. The van der Waals surface area contributed by atoms with Gasteiger partial charge in [0.2, 0.25) is 5.43 Å². The van der Waals surface area contributed by atoms with Gasteiger partial charge in [0, 0.05) is 56.0 Å². The Hall–Kier alpha value is -4.31. The number of sulfonamides is 1. The number of rotatable bonds is 7. The SMILES string of the molecule is CCOc1ccc(N(C)S(=O)(=O)c2ccc3[nH]cc(C(=O)N4CCN(c5ccccc5)CC4)c(=O)c3c2)cc1. The van der Waals surface area contributed by atoms with Crippen LogP contribution >= 0.6 is 0 Å². The number of aromatic nitrogens is 1. The van der Waals surface area contributed by atoms with Crippen LogP contribution in [-0.4, -0.2) is 64.0 Å². The van der Waals surface area contributed by atoms with Crippen molar-refractivity contribution in [2.45, 2.75) is 11.8 Å². The summed E-state index contributed by atoms with van der Waals surface area (Å²) in [6.45, 7) is 4.65. The average molecular weight is 547 g/mol. The molecule has 3 aromatic carbocycles. The maximum Gasteiger partial charge on any atom is 0.264 e. The van der Waals surface area contributed by atoms with Gasteiger partial charge in [0.1, 0.15) is 11.3 Å². The number of benzene rings is 3. The predicted molar refractivity (Wildman–Crippen MR) is 152 cm³/mol. The molecule has 1 amide bonds. The van der Waals surface area contributed by atoms with Gasteiger partial charge in [-0.1, -0.05) is 18.2 Å². The van der Waals surface area contributed by atoms with E-state index in [9.17, 15) is 18.0 Å². The van der Waals surface area contributed by atoms with Crippen molar-refractivity contribution in [3.8, 4) is 5.75 Å². The summed E-state index contributed by atoms with van der Waals surface area (Å²) in [4.78, 5) is 33.5. The van der Waals surface area contributed by atoms with Crippen molar-refractivity contribution in [2.75, 3.05) is 49.0 Å². The zero-order valence-corrected chi connectivity index (χ0v) is 22.6. The molecular weight excluding hydrogens is 516 g/mol. The molecule has 0 saturated carbocycles. The summed E-state index contributed by atoms with van der Waals surface area (Å²) in [7, 11) is -2.52. The van der Waals surface area contributed by atoms with Crippen LogP contribution in [0.15, 0.2) is 88.7 Å². The van der Waals surface area contributed by atoms with E-state index >= 15 is 0 Å². The Kier molecular flexibility index (Phi) is 7.30. The molecule has 1 saturated heterocycles. The van der Waals surface area contributed by atoms with E-state index < -0.39 is 15.5 Å². The molecule has 0 radical (unpaired) electrons. The lowest BCUT2D eigenvalue weighted by atomic mass is 10.1. The normalized spacial score (nSPS) is 13.9. The van der Waals surface area contributed by atoms with Crippen LogP contribution in [0.1, 0.15) is 17.3 Å². The minimum Gasteiger partial charge on any atom is -0.494 e. The van der Waals surface area contributed by atoms with Gasteiger partial charge in [0.25, 0.3) is 15.9 Å². The molecule has 1 N–H and O–H groups in total. The van der Waals surface area contributed by atoms with Gasteiger partial charge in [-0.25, -0.2) is 8.42 Å². The van der Waals surface area contributed by atoms with E-state index in [-0.39, 0.29) is 21.8 Å². The van der Waals surface area contributed by atoms with E-state index in [1.807, 2.05) is 37.3 Å². The van der Waals surface area contributed by atoms with Gasteiger partial charge in [-0.2, -0.15) is 0 Å². The Morgan fingerprint density at radius 3 is 2.33 bits per heavy atom. The van der Waals surface area contributed by atoms with Crippen molar-refractivity contribution in [3.05, 3.63) is 94.8 Å². The number of nitrogens with zero attached hydrogens (tertiary/aromatic N) is 3. The molecule has 4 aromatic rings. The zero-order chi connectivity index (χ0) is 27.6. The summed E-state index contributed by atoms with van der Waals surface area (Å²) < 4.78 is 33.4. The van der Waals surface area contributed by atoms with Gasteiger partial charge in [-0.15, -0.1) is 0 Å². The van der Waals surface area contributed by atoms with Crippen LogP contribution in [0.4, 0.5) is 11.4 Å². The number of nitrogens with one attached hydrogen (secondary N) is 1. The fourth-order valence-corrected chi connectivity index (χ4v) is 5.93. The molecule has 0 aliphatic carbocycles. The molecule has 0 atom stereocenters. The van der Waals surface area contributed by atoms with E-state index in [1.165, 1.54) is 25.4 Å². The van der Waals surface area contributed by atoms with Crippen molar-refractivity contribution >= 4 is 38.2 Å². The molecule has 0 unspecified atom stereocenters. The van der Waals surface area contributed by atoms with Crippen molar-refractivity contribution in [1.82, 2.24) is 9.88 Å². The molecule has 1 aliphatic heterocycles. The summed E-state index contributed by atoms with van der Waals surface area (Å²) in [5, 5.41) is 0.143. The highest BCUT2D eigenvalue weighted by atomic mass is 32.2. The Morgan fingerprint density at radius 1 is 0.974 bits per heavy atom. The fraction of sp³-hybridized carbons (Fsp3) is 0.241. The Morgan fingerprint density at radius 2 is 1.67 bits per heavy atom. The molecule has 0 spiro atoms. The number of pyridine rings is 1. The van der Waals surface area contributed by atoms with Gasteiger partial charge in [-0.3, -0.25) is 13.9 Å². The summed E-state index contributed by atoms with van der Waals surface area (Å²) in [5.41, 5.74) is 1.49. The Bertz CT molecular complexity index is 1650. The number of fused-ring (bicyclic) bond motifs is 1. The minimum atomic E-state index is -3.97. The summed E-state index contributed by atoms with van der Waals surface area (Å²) in [5.74, 6) is 0.272. The second-order valence-electron chi connectivity index (χ2n) is 9.25. The molecule has 10 heteroatoms. The van der Waals surface area contributed by atoms with Crippen molar-refractivity contribution in [3.63, 3.8) is 0 Å². The number of hydrogen-bond donors (Lipinski definition) is 1. The second kappa shape index (κ2) is 10.8. The standard InChI is InChI=1S/C29H30N4O5S/c1-3-38-23-11-9-21(10-12-23)31(2)39(36,37)24-13-14-27-25(19-24)28(34)26(20-30-27)29(35)33-17-15-32(16-18-33)22-7-5-4-6-8-22/h4-14,19-20H,3,15-18H2,1-2H3,(H,30,34). The number of piperazine rings is 1. The van der Waals surface area contributed by atoms with Gasteiger partial charge >= 0.3 is 0 Å². The first-order valence-electron chi connectivity index (χ1n) is 12.8. The van der Waals surface area contributed by atoms with Crippen LogP contribution in [-0.2, 0) is 10.0 Å². The first-order valence-corrected chi connectivity index (χ1v) is 14.2. The summed E-state index contributed by atoms with van der Waals surface area (Å²) in [6, 6.07) is 21.0. The lowest BCUT2D eigenvalue weighted by Crippen LogP contribution is -2.49. The van der Waals surface area contributed by atoms with E-state index in [4.69, 9.17) is 4.74 Å². The van der Waals surface area contributed by atoms with Crippen molar-refractivity contribution < 1.29 is 17.9 Å². The van der Waals surface area contributed by atoms with Gasteiger partial charge < -0.3 is 19.5 Å². The fourth-order valence-electron chi connectivity index (χ4n) is 4.71. The van der Waals surface area contributed by atoms with E-state index in [0.717, 1.165) is 9.99 Å². The lowest BCUT2D eigenvalue weighted by molar-refractivity contribution is 0.0745. The van der Waals surface area contributed by atoms with Gasteiger partial charge in [-0.05, 0) is 61.5 Å². The molecule has 1 aromatic heterocycles. The summed E-state index contributed by atoms with van der Waals surface area (Å²) >= 11 is 0. The maximum atomic E-state index is 13.4. The number of anilines is 2. The molecule has 1 fully saturated rings. The molecule has 2 heterocycles. The zero-order valence-electron chi connectivity index (χ0n) is 21.8. The van der Waals surface area contributed by atoms with Crippen molar-refractivity contribution in [2.24, 2.45) is 0 Å². The Labute approximate surface area is 227 Å². The second-order valence-corrected chi connectivity index (χ2v) is 11.2. The van der Waals surface area contributed by atoms with Gasteiger partial charge in [0.15, 0.2) is 0 Å². The van der Waals surface area contributed by atoms with Crippen LogP contribution in [0.3, 0.4) is 0 Å². The minimum absolute atomic E-state index is 0.00919. The van der Waals surface area contributed by atoms with Crippen LogP contribution in [0, 0.1) is 0 Å². The number of ether oxygens (including phenoxy) is 1. The molecule has 39 heavy (non-hydrogen) atoms. The number of H-pyrrole nitrogens is 1. The monoisotopic (exact) mass is 546 g/mol. The number of carbonyl (C=O) groups is 1. The number of para-hydroxylation sites is 1. The van der Waals surface area contributed by atoms with E-state index in [0.29, 0.717) is 49.7 Å². The Balaban J connectivity index is 1.38. The molecule has 0 bridgehead atoms. The van der Waals surface area contributed by atoms with Crippen LogP contribution in [0.25, 0.3) is 10.9 Å². The highest BCUT2D eigenvalue weighted by Gasteiger charge is 2.26. The predicted octanol–water partition coefficient (Wildman–Crippen LogP) is 3.71. The number of amides is 1. The van der Waals surface area contributed by atoms with E-state index in [1.54, 1.807) is 35.2 Å². The average Bonchev–Trinajstić information content (AvgIpc) is 2.97. The van der Waals surface area contributed by atoms with Gasteiger partial charge in [0.05, 0.1) is 17.2 Å².